The number of hydrogen-bond donors (Lipinski definition) is 0. The van der Waals surface area contributed by atoms with E-state index in [0.29, 0.717) is 18.2 Å². The van der Waals surface area contributed by atoms with Crippen LogP contribution in [0.5, 0.6) is 5.75 Å². The van der Waals surface area contributed by atoms with Crippen molar-refractivity contribution in [2.75, 3.05) is 14.2 Å². The average molecular weight is 382 g/mol. The van der Waals surface area contributed by atoms with Crippen molar-refractivity contribution < 1.29 is 9.47 Å². The van der Waals surface area contributed by atoms with Crippen molar-refractivity contribution in [2.45, 2.75) is 60.6 Å². The van der Waals surface area contributed by atoms with E-state index in [2.05, 4.69) is 54.4 Å². The molecule has 0 aliphatic carbocycles. The second-order valence-electron chi connectivity index (χ2n) is 8.05. The maximum Gasteiger partial charge on any atom is 0.119 e. The lowest BCUT2D eigenvalue weighted by atomic mass is 9.95. The molecule has 2 fully saturated rings. The predicted molar refractivity (Wildman–Crippen MR) is 110 cm³/mol. The number of fused-ring (bicyclic) bond motifs is 4. The van der Waals surface area contributed by atoms with Crippen molar-refractivity contribution in [2.24, 2.45) is 0 Å². The van der Waals surface area contributed by atoms with Gasteiger partial charge in [0.15, 0.2) is 0 Å². The summed E-state index contributed by atoms with van der Waals surface area (Å²) < 4.78 is 12.4. The van der Waals surface area contributed by atoms with Gasteiger partial charge in [0.25, 0.3) is 0 Å². The summed E-state index contributed by atoms with van der Waals surface area (Å²) >= 11 is 1.91. The molecule has 4 atom stereocenters. The van der Waals surface area contributed by atoms with Gasteiger partial charge >= 0.3 is 0 Å². The number of ether oxygens (including phenoxy) is 2. The van der Waals surface area contributed by atoms with Crippen LogP contribution < -0.4 is 4.74 Å². The van der Waals surface area contributed by atoms with Crippen molar-refractivity contribution in [1.29, 1.82) is 0 Å². The molecule has 2 unspecified atom stereocenters. The van der Waals surface area contributed by atoms with Gasteiger partial charge in [-0.15, -0.1) is 11.8 Å². The SMILES string of the molecule is COc1ccc2c(c1)C(OC1C[C@H]3CC[C@@H](C1)N3C)c1ccccc1CS2. The third-order valence-corrected chi connectivity index (χ3v) is 7.74. The van der Waals surface area contributed by atoms with Gasteiger partial charge in [0.2, 0.25) is 0 Å². The molecule has 3 aliphatic rings. The van der Waals surface area contributed by atoms with Crippen LogP contribution in [0, 0.1) is 0 Å². The van der Waals surface area contributed by atoms with E-state index in [1.54, 1.807) is 7.11 Å². The molecule has 3 aliphatic heterocycles. The largest absolute Gasteiger partial charge is 0.497 e. The highest BCUT2D eigenvalue weighted by Gasteiger charge is 2.40. The van der Waals surface area contributed by atoms with E-state index >= 15 is 0 Å². The number of thioether (sulfide) groups is 1. The van der Waals surface area contributed by atoms with Gasteiger partial charge in [0.05, 0.1) is 13.2 Å². The smallest absolute Gasteiger partial charge is 0.119 e. The zero-order valence-electron chi connectivity index (χ0n) is 16.1. The van der Waals surface area contributed by atoms with Crippen molar-refractivity contribution in [3.8, 4) is 5.75 Å². The molecule has 0 aromatic heterocycles. The number of rotatable bonds is 3. The van der Waals surface area contributed by atoms with Gasteiger partial charge in [0.1, 0.15) is 11.9 Å². The standard InChI is InChI=1S/C23H27NO2S/c1-24-16-7-8-17(24)12-19(11-16)26-23-20-6-4-3-5-15(20)14-27-22-10-9-18(25-2)13-21(22)23/h3-6,9-10,13,16-17,19,23H,7-8,11-12,14H2,1-2H3/t16-,17+,19?,23?. The highest BCUT2D eigenvalue weighted by Crippen LogP contribution is 2.45. The van der Waals surface area contributed by atoms with Crippen molar-refractivity contribution in [1.82, 2.24) is 4.90 Å². The van der Waals surface area contributed by atoms with E-state index in [-0.39, 0.29) is 6.10 Å². The molecule has 0 N–H and O–H groups in total. The van der Waals surface area contributed by atoms with E-state index < -0.39 is 0 Å². The molecule has 2 aromatic carbocycles. The Morgan fingerprint density at radius 1 is 1.00 bits per heavy atom. The average Bonchev–Trinajstić information content (AvgIpc) is 2.88. The molecular formula is C23H27NO2S. The second kappa shape index (κ2) is 7.16. The van der Waals surface area contributed by atoms with E-state index in [9.17, 15) is 0 Å². The lowest BCUT2D eigenvalue weighted by molar-refractivity contribution is -0.0436. The Kier molecular flexibility index (Phi) is 4.66. The molecule has 2 saturated heterocycles. The molecular weight excluding hydrogens is 354 g/mol. The van der Waals surface area contributed by atoms with Gasteiger partial charge < -0.3 is 14.4 Å². The molecule has 0 amide bonds. The zero-order valence-corrected chi connectivity index (χ0v) is 16.9. The fraction of sp³-hybridized carbons (Fsp3) is 0.478. The number of hydrogen-bond acceptors (Lipinski definition) is 4. The van der Waals surface area contributed by atoms with Gasteiger partial charge in [-0.2, -0.15) is 0 Å². The van der Waals surface area contributed by atoms with Crippen LogP contribution in [0.2, 0.25) is 0 Å². The van der Waals surface area contributed by atoms with E-state index in [1.165, 1.54) is 34.4 Å². The van der Waals surface area contributed by atoms with Gasteiger partial charge in [-0.25, -0.2) is 0 Å². The second-order valence-corrected chi connectivity index (χ2v) is 9.07. The minimum absolute atomic E-state index is 0.00546. The Hall–Kier alpha value is -1.49. The third-order valence-electron chi connectivity index (χ3n) is 6.60. The Labute approximate surface area is 166 Å². The minimum Gasteiger partial charge on any atom is -0.497 e. The Morgan fingerprint density at radius 2 is 1.78 bits per heavy atom. The third kappa shape index (κ3) is 3.18. The highest BCUT2D eigenvalue weighted by atomic mass is 32.2. The molecule has 0 saturated carbocycles. The molecule has 4 heteroatoms. The maximum atomic E-state index is 6.90. The first kappa shape index (κ1) is 17.6. The van der Waals surface area contributed by atoms with Crippen LogP contribution in [0.1, 0.15) is 48.5 Å². The minimum atomic E-state index is -0.00546. The van der Waals surface area contributed by atoms with Gasteiger partial charge in [-0.3, -0.25) is 0 Å². The van der Waals surface area contributed by atoms with E-state index in [1.807, 2.05) is 11.8 Å². The summed E-state index contributed by atoms with van der Waals surface area (Å²) in [5, 5.41) is 0. The lowest BCUT2D eigenvalue weighted by Gasteiger charge is -2.38. The highest BCUT2D eigenvalue weighted by molar-refractivity contribution is 7.98. The Morgan fingerprint density at radius 3 is 2.56 bits per heavy atom. The molecule has 27 heavy (non-hydrogen) atoms. The molecule has 142 valence electrons. The van der Waals surface area contributed by atoms with Crippen LogP contribution in [0.4, 0.5) is 0 Å². The van der Waals surface area contributed by atoms with Crippen LogP contribution in [0.3, 0.4) is 0 Å². The van der Waals surface area contributed by atoms with Crippen molar-refractivity contribution >= 4 is 11.8 Å². The van der Waals surface area contributed by atoms with Crippen LogP contribution >= 0.6 is 11.8 Å². The summed E-state index contributed by atoms with van der Waals surface area (Å²) in [6.07, 6.45) is 5.27. The van der Waals surface area contributed by atoms with Gasteiger partial charge in [-0.1, -0.05) is 24.3 Å². The quantitative estimate of drug-likeness (QED) is 0.743. The molecule has 5 rings (SSSR count). The molecule has 3 nitrogen and oxygen atoms in total. The zero-order chi connectivity index (χ0) is 18.4. The topological polar surface area (TPSA) is 21.7 Å². The first-order valence-corrected chi connectivity index (χ1v) is 11.0. The molecule has 3 heterocycles. The fourth-order valence-electron chi connectivity index (χ4n) is 5.05. The van der Waals surface area contributed by atoms with Crippen molar-refractivity contribution in [3.05, 3.63) is 59.2 Å². The number of methoxy groups -OCH3 is 1. The normalized spacial score (nSPS) is 29.7. The first-order valence-electron chi connectivity index (χ1n) is 9.99. The van der Waals surface area contributed by atoms with E-state index in [4.69, 9.17) is 9.47 Å². The monoisotopic (exact) mass is 381 g/mol. The summed E-state index contributed by atoms with van der Waals surface area (Å²) in [6.45, 7) is 0. The molecule has 0 radical (unpaired) electrons. The fourth-order valence-corrected chi connectivity index (χ4v) is 6.12. The van der Waals surface area contributed by atoms with Crippen LogP contribution in [-0.4, -0.2) is 37.2 Å². The maximum absolute atomic E-state index is 6.90. The Balaban J connectivity index is 1.52. The molecule has 2 bridgehead atoms. The molecule has 2 aromatic rings. The number of piperidine rings is 1. The van der Waals surface area contributed by atoms with E-state index in [0.717, 1.165) is 24.3 Å². The van der Waals surface area contributed by atoms with Crippen LogP contribution in [0.25, 0.3) is 0 Å². The number of nitrogens with zero attached hydrogens (tertiary/aromatic N) is 1. The summed E-state index contributed by atoms with van der Waals surface area (Å²) in [7, 11) is 4.03. The number of benzene rings is 2. The molecule has 0 spiro atoms. The van der Waals surface area contributed by atoms with Crippen LogP contribution in [-0.2, 0) is 10.5 Å². The van der Waals surface area contributed by atoms with Gasteiger partial charge in [0, 0.05) is 28.3 Å². The van der Waals surface area contributed by atoms with Gasteiger partial charge in [-0.05, 0) is 62.1 Å². The Bertz CT molecular complexity index is 825. The summed E-state index contributed by atoms with van der Waals surface area (Å²) in [5.74, 6) is 1.90. The van der Waals surface area contributed by atoms with Crippen molar-refractivity contribution in [3.63, 3.8) is 0 Å². The predicted octanol–water partition coefficient (Wildman–Crippen LogP) is 5.03. The lowest BCUT2D eigenvalue weighted by Crippen LogP contribution is -2.43. The summed E-state index contributed by atoms with van der Waals surface area (Å²) in [5.41, 5.74) is 3.97. The summed E-state index contributed by atoms with van der Waals surface area (Å²) in [4.78, 5) is 3.89. The summed E-state index contributed by atoms with van der Waals surface area (Å²) in [6, 6.07) is 16.6. The van der Waals surface area contributed by atoms with Crippen LogP contribution in [0.15, 0.2) is 47.4 Å². The first-order chi connectivity index (χ1) is 13.2.